The van der Waals surface area contributed by atoms with Crippen molar-refractivity contribution in [1.29, 1.82) is 0 Å². The molecular weight excluding hydrogens is 136 g/mol. The molecule has 58 valence electrons. The van der Waals surface area contributed by atoms with Crippen LogP contribution in [0.2, 0.25) is 0 Å². The van der Waals surface area contributed by atoms with Gasteiger partial charge in [0.25, 0.3) is 5.92 Å². The molecule has 0 bridgehead atoms. The maximum absolute atomic E-state index is 12.6. The molecule has 2 aliphatic rings. The van der Waals surface area contributed by atoms with Crippen molar-refractivity contribution in [2.24, 2.45) is 17.6 Å². The highest BCUT2D eigenvalue weighted by Crippen LogP contribution is 2.61. The van der Waals surface area contributed by atoms with E-state index in [1.807, 2.05) is 0 Å². The van der Waals surface area contributed by atoms with E-state index in [-0.39, 0.29) is 17.9 Å². The number of fused-ring (bicyclic) bond motifs is 1. The molecule has 0 saturated heterocycles. The smallest absolute Gasteiger partial charge is 0.254 e. The van der Waals surface area contributed by atoms with Crippen LogP contribution >= 0.6 is 0 Å². The van der Waals surface area contributed by atoms with Gasteiger partial charge in [-0.3, -0.25) is 0 Å². The Hall–Kier alpha value is -0.180. The Labute approximate surface area is 58.6 Å². The summed E-state index contributed by atoms with van der Waals surface area (Å²) in [5.74, 6) is -3.03. The van der Waals surface area contributed by atoms with Gasteiger partial charge in [0.2, 0.25) is 0 Å². The second-order valence-electron chi connectivity index (χ2n) is 3.46. The van der Waals surface area contributed by atoms with Crippen molar-refractivity contribution in [2.75, 3.05) is 0 Å². The largest absolute Gasteiger partial charge is 0.328 e. The van der Waals surface area contributed by atoms with Crippen molar-refractivity contribution in [3.8, 4) is 0 Å². The first-order valence-corrected chi connectivity index (χ1v) is 3.75. The van der Waals surface area contributed by atoms with Gasteiger partial charge < -0.3 is 5.73 Å². The monoisotopic (exact) mass is 147 g/mol. The van der Waals surface area contributed by atoms with Gasteiger partial charge in [0.15, 0.2) is 0 Å². The molecule has 0 aromatic rings. The Bertz CT molecular complexity index is 158. The fourth-order valence-electron chi connectivity index (χ4n) is 2.01. The van der Waals surface area contributed by atoms with E-state index in [9.17, 15) is 8.78 Å². The standard InChI is InChI=1S/C7H11F2N/c8-7(9)5-2-1-4(10)3-6(5)7/h4-6H,1-3,10H2/t4-,5-,6-/m1/s1. The third-order valence-corrected chi connectivity index (χ3v) is 2.77. The van der Waals surface area contributed by atoms with Crippen molar-refractivity contribution in [1.82, 2.24) is 0 Å². The highest BCUT2D eigenvalue weighted by molar-refractivity contribution is 5.08. The number of hydrogen-bond donors (Lipinski definition) is 1. The number of hydrogen-bond acceptors (Lipinski definition) is 1. The van der Waals surface area contributed by atoms with Gasteiger partial charge in [0.1, 0.15) is 0 Å². The average molecular weight is 147 g/mol. The molecule has 2 fully saturated rings. The van der Waals surface area contributed by atoms with Crippen LogP contribution in [0.1, 0.15) is 19.3 Å². The zero-order chi connectivity index (χ0) is 7.35. The quantitative estimate of drug-likeness (QED) is 0.550. The van der Waals surface area contributed by atoms with Crippen molar-refractivity contribution in [3.05, 3.63) is 0 Å². The van der Waals surface area contributed by atoms with Gasteiger partial charge in [-0.15, -0.1) is 0 Å². The minimum Gasteiger partial charge on any atom is -0.328 e. The summed E-state index contributed by atoms with van der Waals surface area (Å²) in [5, 5.41) is 0. The second kappa shape index (κ2) is 1.70. The molecular formula is C7H11F2N. The lowest BCUT2D eigenvalue weighted by Gasteiger charge is -2.13. The molecule has 0 spiro atoms. The lowest BCUT2D eigenvalue weighted by Crippen LogP contribution is -2.23. The first kappa shape index (κ1) is 6.53. The van der Waals surface area contributed by atoms with E-state index in [2.05, 4.69) is 0 Å². The summed E-state index contributed by atoms with van der Waals surface area (Å²) in [4.78, 5) is 0. The van der Waals surface area contributed by atoms with Crippen LogP contribution in [0.5, 0.6) is 0 Å². The van der Waals surface area contributed by atoms with Crippen molar-refractivity contribution >= 4 is 0 Å². The summed E-state index contributed by atoms with van der Waals surface area (Å²) in [6.45, 7) is 0. The summed E-state index contributed by atoms with van der Waals surface area (Å²) in [7, 11) is 0. The third kappa shape index (κ3) is 0.698. The van der Waals surface area contributed by atoms with Gasteiger partial charge in [0.05, 0.1) is 0 Å². The van der Waals surface area contributed by atoms with Crippen molar-refractivity contribution in [2.45, 2.75) is 31.2 Å². The predicted octanol–water partition coefficient (Wildman–Crippen LogP) is 1.38. The molecule has 2 N–H and O–H groups in total. The lowest BCUT2D eigenvalue weighted by molar-refractivity contribution is 0.0848. The molecule has 0 aliphatic heterocycles. The molecule has 2 rings (SSSR count). The van der Waals surface area contributed by atoms with E-state index in [0.29, 0.717) is 12.8 Å². The average Bonchev–Trinajstić information content (AvgIpc) is 2.36. The minimum atomic E-state index is -2.35. The Morgan fingerprint density at radius 3 is 2.40 bits per heavy atom. The fourth-order valence-corrected chi connectivity index (χ4v) is 2.01. The van der Waals surface area contributed by atoms with E-state index in [4.69, 9.17) is 5.73 Å². The Balaban J connectivity index is 2.04. The second-order valence-corrected chi connectivity index (χ2v) is 3.46. The Kier molecular flexibility index (Phi) is 1.11. The van der Waals surface area contributed by atoms with Crippen molar-refractivity contribution in [3.63, 3.8) is 0 Å². The maximum Gasteiger partial charge on any atom is 0.254 e. The normalized spacial score (nSPS) is 50.1. The summed E-state index contributed by atoms with van der Waals surface area (Å²) in [5.41, 5.74) is 5.54. The van der Waals surface area contributed by atoms with Crippen LogP contribution in [-0.2, 0) is 0 Å². The number of halogens is 2. The van der Waals surface area contributed by atoms with Gasteiger partial charge in [-0.05, 0) is 19.3 Å². The maximum atomic E-state index is 12.6. The van der Waals surface area contributed by atoms with Gasteiger partial charge in [-0.1, -0.05) is 0 Å². The minimum absolute atomic E-state index is 0.0367. The number of rotatable bonds is 0. The van der Waals surface area contributed by atoms with E-state index < -0.39 is 5.92 Å². The van der Waals surface area contributed by atoms with Crippen LogP contribution in [0.25, 0.3) is 0 Å². The number of nitrogens with two attached hydrogens (primary N) is 1. The fraction of sp³-hybridized carbons (Fsp3) is 1.00. The van der Waals surface area contributed by atoms with Gasteiger partial charge in [0, 0.05) is 17.9 Å². The van der Waals surface area contributed by atoms with Crippen molar-refractivity contribution < 1.29 is 8.78 Å². The zero-order valence-electron chi connectivity index (χ0n) is 5.69. The molecule has 2 saturated carbocycles. The first-order valence-electron chi connectivity index (χ1n) is 3.75. The lowest BCUT2D eigenvalue weighted by atomic mass is 9.97. The third-order valence-electron chi connectivity index (χ3n) is 2.77. The first-order chi connectivity index (χ1) is 4.62. The molecule has 0 amide bonds. The van der Waals surface area contributed by atoms with E-state index in [1.54, 1.807) is 0 Å². The van der Waals surface area contributed by atoms with E-state index in [0.717, 1.165) is 6.42 Å². The predicted molar refractivity (Wildman–Crippen MR) is 33.8 cm³/mol. The summed E-state index contributed by atoms with van der Waals surface area (Å²) >= 11 is 0. The molecule has 0 radical (unpaired) electrons. The van der Waals surface area contributed by atoms with E-state index >= 15 is 0 Å². The molecule has 3 atom stereocenters. The highest BCUT2D eigenvalue weighted by atomic mass is 19.3. The Morgan fingerprint density at radius 2 is 1.90 bits per heavy atom. The SMILES string of the molecule is N[C@@H]1CC[C@@H]2[C@@H](C1)C2(F)F. The zero-order valence-corrected chi connectivity index (χ0v) is 5.69. The molecule has 0 aromatic carbocycles. The summed E-state index contributed by atoms with van der Waals surface area (Å²) in [6.07, 6.45) is 1.97. The highest BCUT2D eigenvalue weighted by Gasteiger charge is 2.68. The van der Waals surface area contributed by atoms with Crippen LogP contribution in [0.3, 0.4) is 0 Å². The molecule has 10 heavy (non-hydrogen) atoms. The van der Waals surface area contributed by atoms with Gasteiger partial charge in [-0.2, -0.15) is 0 Å². The van der Waals surface area contributed by atoms with Crippen LogP contribution < -0.4 is 5.73 Å². The van der Waals surface area contributed by atoms with Crippen LogP contribution in [0.4, 0.5) is 8.78 Å². The summed E-state index contributed by atoms with van der Waals surface area (Å²) < 4.78 is 25.2. The van der Waals surface area contributed by atoms with Crippen LogP contribution in [0.15, 0.2) is 0 Å². The molecule has 3 heteroatoms. The summed E-state index contributed by atoms with van der Waals surface area (Å²) in [6, 6.07) is 0.0367. The van der Waals surface area contributed by atoms with Crippen LogP contribution in [-0.4, -0.2) is 12.0 Å². The molecule has 1 nitrogen and oxygen atoms in total. The topological polar surface area (TPSA) is 26.0 Å². The van der Waals surface area contributed by atoms with Gasteiger partial charge >= 0.3 is 0 Å². The van der Waals surface area contributed by atoms with Gasteiger partial charge in [-0.25, -0.2) is 8.78 Å². The Morgan fingerprint density at radius 1 is 1.20 bits per heavy atom. The molecule has 0 unspecified atom stereocenters. The molecule has 2 aliphatic carbocycles. The van der Waals surface area contributed by atoms with E-state index in [1.165, 1.54) is 0 Å². The van der Waals surface area contributed by atoms with Crippen LogP contribution in [0, 0.1) is 11.8 Å². The number of alkyl halides is 2. The molecule has 0 heterocycles. The molecule has 0 aromatic heterocycles.